The summed E-state index contributed by atoms with van der Waals surface area (Å²) in [6.07, 6.45) is 1.70. The average Bonchev–Trinajstić information content (AvgIpc) is 3.28. The predicted molar refractivity (Wildman–Crippen MR) is 107 cm³/mol. The highest BCUT2D eigenvalue weighted by molar-refractivity contribution is 7.22. The smallest absolute Gasteiger partial charge is 0.261 e. The van der Waals surface area contributed by atoms with E-state index in [9.17, 15) is 4.79 Å². The van der Waals surface area contributed by atoms with E-state index in [1.807, 2.05) is 24.0 Å². The van der Waals surface area contributed by atoms with Gasteiger partial charge in [0.15, 0.2) is 5.13 Å². The minimum Gasteiger partial charge on any atom is -0.479 e. The number of carbonyl (C=O) groups is 1. The van der Waals surface area contributed by atoms with E-state index in [0.717, 1.165) is 39.0 Å². The summed E-state index contributed by atoms with van der Waals surface area (Å²) in [6.45, 7) is 4.73. The highest BCUT2D eigenvalue weighted by Crippen LogP contribution is 2.34. The van der Waals surface area contributed by atoms with Crippen molar-refractivity contribution in [3.05, 3.63) is 34.5 Å². The summed E-state index contributed by atoms with van der Waals surface area (Å²) in [4.78, 5) is 21.6. The number of hydrogen-bond acceptors (Lipinski definition) is 6. The first-order chi connectivity index (χ1) is 13.0. The first-order valence-electron chi connectivity index (χ1n) is 8.65. The number of piperazine rings is 1. The van der Waals surface area contributed by atoms with Gasteiger partial charge in [-0.15, -0.1) is 5.10 Å². The predicted octanol–water partition coefficient (Wildman–Crippen LogP) is 2.96. The molecule has 0 bridgehead atoms. The number of hydrogen-bond donors (Lipinski definition) is 0. The Balaban J connectivity index is 1.49. The van der Waals surface area contributed by atoms with Gasteiger partial charge in [-0.3, -0.25) is 9.48 Å². The summed E-state index contributed by atoms with van der Waals surface area (Å²) in [5.74, 6) is 0.315. The molecule has 4 rings (SSSR count). The number of aromatic nitrogens is 3. The summed E-state index contributed by atoms with van der Waals surface area (Å²) in [6, 6.07) is 3.93. The highest BCUT2D eigenvalue weighted by Gasteiger charge is 2.27. The summed E-state index contributed by atoms with van der Waals surface area (Å²) >= 11 is 7.87. The third-order valence-electron chi connectivity index (χ3n) is 4.79. The van der Waals surface area contributed by atoms with Crippen molar-refractivity contribution < 1.29 is 9.53 Å². The van der Waals surface area contributed by atoms with Gasteiger partial charge in [-0.1, -0.05) is 22.9 Å². The monoisotopic (exact) mass is 405 g/mol. The van der Waals surface area contributed by atoms with Gasteiger partial charge >= 0.3 is 0 Å². The Labute approximate surface area is 166 Å². The van der Waals surface area contributed by atoms with Crippen LogP contribution in [-0.2, 0) is 7.05 Å². The van der Waals surface area contributed by atoms with Gasteiger partial charge in [0.1, 0.15) is 5.56 Å². The highest BCUT2D eigenvalue weighted by atomic mass is 35.5. The Kier molecular flexibility index (Phi) is 4.69. The fraction of sp³-hybridized carbons (Fsp3) is 0.389. The van der Waals surface area contributed by atoms with Gasteiger partial charge in [0, 0.05) is 44.4 Å². The quantitative estimate of drug-likeness (QED) is 0.670. The number of carbonyl (C=O) groups excluding carboxylic acids is 1. The Morgan fingerprint density at radius 2 is 2.00 bits per heavy atom. The van der Waals surface area contributed by atoms with E-state index in [1.54, 1.807) is 29.3 Å². The molecule has 27 heavy (non-hydrogen) atoms. The standard InChI is InChI=1S/C18H20ClN5O2S/c1-11-13(19)4-5-14-15(11)20-18(27-14)24-8-6-23(7-9-24)17(25)12-10-22(2)21-16(12)26-3/h4-5,10H,6-9H2,1-3H3. The lowest BCUT2D eigenvalue weighted by Gasteiger charge is -2.34. The lowest BCUT2D eigenvalue weighted by molar-refractivity contribution is 0.0743. The maximum Gasteiger partial charge on any atom is 0.261 e. The van der Waals surface area contributed by atoms with Crippen molar-refractivity contribution in [3.63, 3.8) is 0 Å². The Morgan fingerprint density at radius 3 is 2.70 bits per heavy atom. The molecule has 0 aliphatic carbocycles. The molecule has 1 aliphatic rings. The molecule has 0 spiro atoms. The zero-order valence-electron chi connectivity index (χ0n) is 15.4. The number of fused-ring (bicyclic) bond motifs is 1. The van der Waals surface area contributed by atoms with E-state index in [1.165, 1.54) is 7.11 Å². The third kappa shape index (κ3) is 3.23. The van der Waals surface area contributed by atoms with Crippen LogP contribution in [0, 0.1) is 6.92 Å². The molecule has 0 atom stereocenters. The van der Waals surface area contributed by atoms with Crippen molar-refractivity contribution in [1.82, 2.24) is 19.7 Å². The van der Waals surface area contributed by atoms with Crippen molar-refractivity contribution in [2.75, 3.05) is 38.2 Å². The molecule has 3 aromatic rings. The SMILES string of the molecule is COc1nn(C)cc1C(=O)N1CCN(c2nc3c(C)c(Cl)ccc3s2)CC1. The van der Waals surface area contributed by atoms with Gasteiger partial charge in [0.2, 0.25) is 5.88 Å². The molecule has 1 fully saturated rings. The van der Waals surface area contributed by atoms with Crippen LogP contribution >= 0.6 is 22.9 Å². The number of anilines is 1. The molecule has 142 valence electrons. The molecule has 1 aromatic carbocycles. The van der Waals surface area contributed by atoms with Gasteiger partial charge in [0.25, 0.3) is 5.91 Å². The number of benzene rings is 1. The minimum absolute atomic E-state index is 0.0495. The first kappa shape index (κ1) is 18.1. The van der Waals surface area contributed by atoms with E-state index >= 15 is 0 Å². The maximum absolute atomic E-state index is 12.8. The van der Waals surface area contributed by atoms with Crippen LogP contribution < -0.4 is 9.64 Å². The normalized spacial score (nSPS) is 14.8. The molecule has 7 nitrogen and oxygen atoms in total. The molecule has 3 heterocycles. The van der Waals surface area contributed by atoms with E-state index < -0.39 is 0 Å². The number of aryl methyl sites for hydroxylation is 2. The lowest BCUT2D eigenvalue weighted by Crippen LogP contribution is -2.48. The van der Waals surface area contributed by atoms with Crippen LogP contribution in [0.25, 0.3) is 10.2 Å². The third-order valence-corrected chi connectivity index (χ3v) is 6.28. The van der Waals surface area contributed by atoms with Crippen molar-refractivity contribution in [2.45, 2.75) is 6.92 Å². The zero-order chi connectivity index (χ0) is 19.1. The second kappa shape index (κ2) is 7.01. The number of halogens is 1. The van der Waals surface area contributed by atoms with Gasteiger partial charge in [-0.2, -0.15) is 0 Å². The lowest BCUT2D eigenvalue weighted by atomic mass is 10.2. The van der Waals surface area contributed by atoms with Crippen LogP contribution in [0.5, 0.6) is 5.88 Å². The minimum atomic E-state index is -0.0495. The second-order valence-corrected chi connectivity index (χ2v) is 7.94. The fourth-order valence-corrected chi connectivity index (χ4v) is 4.49. The Hall–Kier alpha value is -2.32. The first-order valence-corrected chi connectivity index (χ1v) is 9.85. The van der Waals surface area contributed by atoms with Gasteiger partial charge < -0.3 is 14.5 Å². The van der Waals surface area contributed by atoms with E-state index in [-0.39, 0.29) is 5.91 Å². The molecular weight excluding hydrogens is 386 g/mol. The summed E-state index contributed by atoms with van der Waals surface area (Å²) in [5.41, 5.74) is 2.47. The van der Waals surface area contributed by atoms with Gasteiger partial charge in [-0.05, 0) is 24.6 Å². The number of methoxy groups -OCH3 is 1. The fourth-order valence-electron chi connectivity index (χ4n) is 3.26. The van der Waals surface area contributed by atoms with Crippen LogP contribution in [0.4, 0.5) is 5.13 Å². The molecule has 1 saturated heterocycles. The molecule has 0 unspecified atom stereocenters. The summed E-state index contributed by atoms with van der Waals surface area (Å²) in [7, 11) is 3.30. The van der Waals surface area contributed by atoms with Crippen molar-refractivity contribution in [1.29, 1.82) is 0 Å². The number of ether oxygens (including phenoxy) is 1. The van der Waals surface area contributed by atoms with Crippen LogP contribution in [0.15, 0.2) is 18.3 Å². The largest absolute Gasteiger partial charge is 0.479 e. The van der Waals surface area contributed by atoms with Crippen LogP contribution in [0.1, 0.15) is 15.9 Å². The molecule has 2 aromatic heterocycles. The van der Waals surface area contributed by atoms with E-state index in [4.69, 9.17) is 21.3 Å². The van der Waals surface area contributed by atoms with Crippen LogP contribution in [-0.4, -0.2) is 58.9 Å². The number of thiazole rings is 1. The number of nitrogens with zero attached hydrogens (tertiary/aromatic N) is 5. The Morgan fingerprint density at radius 1 is 1.26 bits per heavy atom. The van der Waals surface area contributed by atoms with Gasteiger partial charge in [-0.25, -0.2) is 4.98 Å². The Bertz CT molecular complexity index is 1010. The molecule has 1 amide bonds. The van der Waals surface area contributed by atoms with Crippen molar-refractivity contribution in [3.8, 4) is 5.88 Å². The van der Waals surface area contributed by atoms with Crippen molar-refractivity contribution in [2.24, 2.45) is 7.05 Å². The van der Waals surface area contributed by atoms with Gasteiger partial charge in [0.05, 0.1) is 17.3 Å². The van der Waals surface area contributed by atoms with Crippen LogP contribution in [0.3, 0.4) is 0 Å². The molecule has 0 radical (unpaired) electrons. The van der Waals surface area contributed by atoms with E-state index in [0.29, 0.717) is 24.5 Å². The molecule has 9 heteroatoms. The molecule has 1 aliphatic heterocycles. The maximum atomic E-state index is 12.8. The van der Waals surface area contributed by atoms with Crippen molar-refractivity contribution >= 4 is 44.2 Å². The second-order valence-electron chi connectivity index (χ2n) is 6.52. The molecular formula is C18H20ClN5O2S. The summed E-state index contributed by atoms with van der Waals surface area (Å²) < 4.78 is 7.94. The number of amides is 1. The van der Waals surface area contributed by atoms with E-state index in [2.05, 4.69) is 10.00 Å². The number of rotatable bonds is 3. The van der Waals surface area contributed by atoms with Crippen LogP contribution in [0.2, 0.25) is 5.02 Å². The molecule has 0 N–H and O–H groups in total. The average molecular weight is 406 g/mol. The summed E-state index contributed by atoms with van der Waals surface area (Å²) in [5, 5.41) is 5.87. The molecule has 0 saturated carbocycles. The zero-order valence-corrected chi connectivity index (χ0v) is 17.0. The topological polar surface area (TPSA) is 63.5 Å².